The molecule has 0 aliphatic rings. The van der Waals surface area contributed by atoms with Crippen molar-refractivity contribution in [3.05, 3.63) is 54.3 Å². The van der Waals surface area contributed by atoms with Crippen LogP contribution in [-0.4, -0.2) is 17.9 Å². The van der Waals surface area contributed by atoms with Gasteiger partial charge in [0, 0.05) is 27.7 Å². The van der Waals surface area contributed by atoms with Crippen LogP contribution in [0.2, 0.25) is 0 Å². The first-order chi connectivity index (χ1) is 10.2. The van der Waals surface area contributed by atoms with Gasteiger partial charge in [-0.1, -0.05) is 6.07 Å². The largest absolute Gasteiger partial charge is 0.326 e. The van der Waals surface area contributed by atoms with Crippen molar-refractivity contribution in [2.75, 3.05) is 17.3 Å². The van der Waals surface area contributed by atoms with Crippen LogP contribution >= 0.6 is 23.5 Å². The second-order valence-corrected chi connectivity index (χ2v) is 6.38. The molecule has 0 aliphatic carbocycles. The molecule has 0 fully saturated rings. The Morgan fingerprint density at radius 3 is 2.62 bits per heavy atom. The Morgan fingerprint density at radius 2 is 1.90 bits per heavy atom. The van der Waals surface area contributed by atoms with Crippen LogP contribution in [0.3, 0.4) is 0 Å². The van der Waals surface area contributed by atoms with Crippen LogP contribution in [0.25, 0.3) is 0 Å². The molecule has 110 valence electrons. The third-order valence-electron chi connectivity index (χ3n) is 2.76. The molecule has 0 saturated heterocycles. The van der Waals surface area contributed by atoms with E-state index in [-0.39, 0.29) is 11.7 Å². The lowest BCUT2D eigenvalue weighted by Crippen LogP contribution is -2.12. The van der Waals surface area contributed by atoms with Gasteiger partial charge in [-0.15, -0.1) is 23.5 Å². The van der Waals surface area contributed by atoms with E-state index in [1.165, 1.54) is 12.1 Å². The van der Waals surface area contributed by atoms with E-state index in [0.29, 0.717) is 12.2 Å². The SMILES string of the molecule is CSc1cccc(NC(=O)CCSc2ccc(F)cc2)c1. The van der Waals surface area contributed by atoms with Crippen LogP contribution in [0, 0.1) is 5.82 Å². The van der Waals surface area contributed by atoms with Crippen molar-refractivity contribution < 1.29 is 9.18 Å². The van der Waals surface area contributed by atoms with Crippen LogP contribution < -0.4 is 5.32 Å². The first-order valence-corrected chi connectivity index (χ1v) is 8.70. The van der Waals surface area contributed by atoms with E-state index < -0.39 is 0 Å². The molecule has 1 N–H and O–H groups in total. The van der Waals surface area contributed by atoms with Crippen LogP contribution in [0.1, 0.15) is 6.42 Å². The van der Waals surface area contributed by atoms with Gasteiger partial charge in [-0.25, -0.2) is 4.39 Å². The number of carbonyl (C=O) groups is 1. The summed E-state index contributed by atoms with van der Waals surface area (Å²) in [6.45, 7) is 0. The van der Waals surface area contributed by atoms with Crippen LogP contribution in [0.15, 0.2) is 58.3 Å². The molecule has 2 nitrogen and oxygen atoms in total. The lowest BCUT2D eigenvalue weighted by Gasteiger charge is -2.06. The number of thioether (sulfide) groups is 2. The highest BCUT2D eigenvalue weighted by Crippen LogP contribution is 2.21. The van der Waals surface area contributed by atoms with Gasteiger partial charge in [0.1, 0.15) is 5.82 Å². The summed E-state index contributed by atoms with van der Waals surface area (Å²) < 4.78 is 12.8. The standard InChI is InChI=1S/C16H16FNOS2/c1-20-15-4-2-3-13(11-15)18-16(19)9-10-21-14-7-5-12(17)6-8-14/h2-8,11H,9-10H2,1H3,(H,18,19). The highest BCUT2D eigenvalue weighted by atomic mass is 32.2. The van der Waals surface area contributed by atoms with Gasteiger partial charge in [-0.05, 0) is 48.7 Å². The summed E-state index contributed by atoms with van der Waals surface area (Å²) in [5, 5.41) is 2.89. The van der Waals surface area contributed by atoms with Crippen molar-refractivity contribution >= 4 is 35.1 Å². The summed E-state index contributed by atoms with van der Waals surface area (Å²) in [4.78, 5) is 14.0. The fraction of sp³-hybridized carbons (Fsp3) is 0.188. The van der Waals surface area contributed by atoms with Gasteiger partial charge in [0.15, 0.2) is 0 Å². The Labute approximate surface area is 132 Å². The lowest BCUT2D eigenvalue weighted by molar-refractivity contribution is -0.115. The van der Waals surface area contributed by atoms with Crippen molar-refractivity contribution in [3.8, 4) is 0 Å². The summed E-state index contributed by atoms with van der Waals surface area (Å²) >= 11 is 3.18. The average Bonchev–Trinajstić information content (AvgIpc) is 2.49. The summed E-state index contributed by atoms with van der Waals surface area (Å²) in [7, 11) is 0. The number of rotatable bonds is 6. The Kier molecular flexibility index (Phi) is 6.14. The molecular formula is C16H16FNOS2. The zero-order valence-corrected chi connectivity index (χ0v) is 13.3. The van der Waals surface area contributed by atoms with E-state index >= 15 is 0 Å². The Hall–Kier alpha value is -1.46. The Bertz CT molecular complexity index is 601. The average molecular weight is 321 g/mol. The van der Waals surface area contributed by atoms with Crippen LogP contribution in [0.4, 0.5) is 10.1 Å². The number of halogens is 1. The molecule has 2 aromatic carbocycles. The first-order valence-electron chi connectivity index (χ1n) is 6.49. The number of hydrogen-bond donors (Lipinski definition) is 1. The lowest BCUT2D eigenvalue weighted by atomic mass is 10.3. The number of anilines is 1. The van der Waals surface area contributed by atoms with Gasteiger partial charge in [-0.2, -0.15) is 0 Å². The third kappa shape index (κ3) is 5.44. The molecular weight excluding hydrogens is 305 g/mol. The number of carbonyl (C=O) groups excluding carboxylic acids is 1. The maximum Gasteiger partial charge on any atom is 0.225 e. The maximum absolute atomic E-state index is 12.8. The van der Waals surface area contributed by atoms with Crippen molar-refractivity contribution in [2.24, 2.45) is 0 Å². The highest BCUT2D eigenvalue weighted by molar-refractivity contribution is 7.99. The van der Waals surface area contributed by atoms with Crippen molar-refractivity contribution in [1.29, 1.82) is 0 Å². The summed E-state index contributed by atoms with van der Waals surface area (Å²) in [5.74, 6) is 0.410. The fourth-order valence-corrected chi connectivity index (χ4v) is 3.03. The fourth-order valence-electron chi connectivity index (χ4n) is 1.72. The predicted molar refractivity (Wildman–Crippen MR) is 88.6 cm³/mol. The molecule has 0 saturated carbocycles. The Morgan fingerprint density at radius 1 is 1.14 bits per heavy atom. The molecule has 0 radical (unpaired) electrons. The van der Waals surface area contributed by atoms with Gasteiger partial charge in [0.2, 0.25) is 5.91 Å². The summed E-state index contributed by atoms with van der Waals surface area (Å²) in [6.07, 6.45) is 2.42. The van der Waals surface area contributed by atoms with Gasteiger partial charge < -0.3 is 5.32 Å². The molecule has 1 amide bonds. The topological polar surface area (TPSA) is 29.1 Å². The van der Waals surface area contributed by atoms with Crippen molar-refractivity contribution in [2.45, 2.75) is 16.2 Å². The minimum atomic E-state index is -0.245. The molecule has 21 heavy (non-hydrogen) atoms. The molecule has 2 aromatic rings. The van der Waals surface area contributed by atoms with Gasteiger partial charge >= 0.3 is 0 Å². The molecule has 0 aromatic heterocycles. The van der Waals surface area contributed by atoms with E-state index in [1.54, 1.807) is 35.7 Å². The second-order valence-electron chi connectivity index (χ2n) is 4.33. The zero-order chi connectivity index (χ0) is 15.1. The summed E-state index contributed by atoms with van der Waals surface area (Å²) in [5.41, 5.74) is 0.818. The molecule has 0 atom stereocenters. The van der Waals surface area contributed by atoms with E-state index in [4.69, 9.17) is 0 Å². The highest BCUT2D eigenvalue weighted by Gasteiger charge is 2.04. The third-order valence-corrected chi connectivity index (χ3v) is 4.50. The monoisotopic (exact) mass is 321 g/mol. The zero-order valence-electron chi connectivity index (χ0n) is 11.6. The molecule has 0 unspecified atom stereocenters. The minimum absolute atomic E-state index is 0.0112. The number of amides is 1. The first kappa shape index (κ1) is 15.9. The molecule has 0 aliphatic heterocycles. The van der Waals surface area contributed by atoms with E-state index in [2.05, 4.69) is 5.32 Å². The van der Waals surface area contributed by atoms with Crippen molar-refractivity contribution in [3.63, 3.8) is 0 Å². The van der Waals surface area contributed by atoms with Crippen LogP contribution in [-0.2, 0) is 4.79 Å². The Balaban J connectivity index is 1.78. The van der Waals surface area contributed by atoms with E-state index in [9.17, 15) is 9.18 Å². The number of nitrogens with one attached hydrogen (secondary N) is 1. The van der Waals surface area contributed by atoms with Crippen molar-refractivity contribution in [1.82, 2.24) is 0 Å². The van der Waals surface area contributed by atoms with E-state index in [1.807, 2.05) is 30.5 Å². The maximum atomic E-state index is 12.8. The summed E-state index contributed by atoms with van der Waals surface area (Å²) in [6, 6.07) is 14.1. The second kappa shape index (κ2) is 8.10. The predicted octanol–water partition coefficient (Wildman–Crippen LogP) is 4.67. The minimum Gasteiger partial charge on any atom is -0.326 e. The van der Waals surface area contributed by atoms with Crippen LogP contribution in [0.5, 0.6) is 0 Å². The molecule has 0 spiro atoms. The van der Waals surface area contributed by atoms with Gasteiger partial charge in [0.05, 0.1) is 0 Å². The molecule has 5 heteroatoms. The quantitative estimate of drug-likeness (QED) is 0.784. The number of hydrogen-bond acceptors (Lipinski definition) is 3. The van der Waals surface area contributed by atoms with Gasteiger partial charge in [0.25, 0.3) is 0 Å². The molecule has 0 bridgehead atoms. The smallest absolute Gasteiger partial charge is 0.225 e. The normalized spacial score (nSPS) is 10.4. The van der Waals surface area contributed by atoms with Gasteiger partial charge in [-0.3, -0.25) is 4.79 Å². The molecule has 0 heterocycles. The van der Waals surface area contributed by atoms with E-state index in [0.717, 1.165) is 15.5 Å². The molecule has 2 rings (SSSR count). The number of benzene rings is 2.